The van der Waals surface area contributed by atoms with Gasteiger partial charge in [-0.15, -0.1) is 0 Å². The summed E-state index contributed by atoms with van der Waals surface area (Å²) in [5.41, 5.74) is -0.312. The number of aromatic nitrogens is 3. The number of ether oxygens (including phenoxy) is 1. The molecule has 1 unspecified atom stereocenters. The summed E-state index contributed by atoms with van der Waals surface area (Å²) in [5, 5.41) is 7.70. The summed E-state index contributed by atoms with van der Waals surface area (Å²) in [6.07, 6.45) is 2.59. The zero-order chi connectivity index (χ0) is 13.4. The molecule has 1 aliphatic rings. The first-order valence-corrected chi connectivity index (χ1v) is 6.65. The van der Waals surface area contributed by atoms with Crippen molar-refractivity contribution in [2.45, 2.75) is 64.8 Å². The average Bonchev–Trinajstić information content (AvgIpc) is 2.76. The highest BCUT2D eigenvalue weighted by molar-refractivity contribution is 5.01. The maximum absolute atomic E-state index is 6.12. The van der Waals surface area contributed by atoms with Crippen molar-refractivity contribution in [2.24, 2.45) is 0 Å². The van der Waals surface area contributed by atoms with Gasteiger partial charge in [-0.25, -0.2) is 9.67 Å². The topological polar surface area (TPSA) is 52.0 Å². The highest BCUT2D eigenvalue weighted by atomic mass is 16.5. The van der Waals surface area contributed by atoms with Crippen LogP contribution in [0.4, 0.5) is 0 Å². The van der Waals surface area contributed by atoms with Gasteiger partial charge >= 0.3 is 0 Å². The SMILES string of the molecule is CCNCc1ncnn1C1CC(C)(C)OC1(C)C. The Balaban J connectivity index is 2.23. The summed E-state index contributed by atoms with van der Waals surface area (Å²) < 4.78 is 8.15. The molecule has 18 heavy (non-hydrogen) atoms. The molecule has 0 spiro atoms. The van der Waals surface area contributed by atoms with E-state index in [9.17, 15) is 0 Å². The van der Waals surface area contributed by atoms with Crippen molar-refractivity contribution in [2.75, 3.05) is 6.54 Å². The van der Waals surface area contributed by atoms with E-state index in [1.165, 1.54) is 0 Å². The van der Waals surface area contributed by atoms with Gasteiger partial charge in [-0.3, -0.25) is 0 Å². The third kappa shape index (κ3) is 2.57. The van der Waals surface area contributed by atoms with Gasteiger partial charge in [-0.1, -0.05) is 6.92 Å². The number of hydrogen-bond acceptors (Lipinski definition) is 4. The van der Waals surface area contributed by atoms with Crippen LogP contribution in [0.5, 0.6) is 0 Å². The standard InChI is InChI=1S/C13H24N4O/c1-6-14-8-11-15-9-16-17(11)10-7-12(2,3)18-13(10,4)5/h9-10,14H,6-8H2,1-5H3. The molecule has 1 fully saturated rings. The fourth-order valence-corrected chi connectivity index (χ4v) is 2.81. The first-order valence-electron chi connectivity index (χ1n) is 6.65. The Bertz CT molecular complexity index is 411. The van der Waals surface area contributed by atoms with Crippen LogP contribution in [-0.4, -0.2) is 32.5 Å². The van der Waals surface area contributed by atoms with E-state index in [0.29, 0.717) is 0 Å². The summed E-state index contributed by atoms with van der Waals surface area (Å²) in [6.45, 7) is 12.3. The first kappa shape index (κ1) is 13.5. The molecule has 1 N–H and O–H groups in total. The lowest BCUT2D eigenvalue weighted by atomic mass is 9.94. The van der Waals surface area contributed by atoms with E-state index in [0.717, 1.165) is 25.3 Å². The molecule has 0 aromatic carbocycles. The van der Waals surface area contributed by atoms with E-state index in [1.807, 2.05) is 4.68 Å². The Labute approximate surface area is 109 Å². The van der Waals surface area contributed by atoms with Gasteiger partial charge in [0.25, 0.3) is 0 Å². The second-order valence-corrected chi connectivity index (χ2v) is 6.09. The van der Waals surface area contributed by atoms with Crippen molar-refractivity contribution < 1.29 is 4.74 Å². The van der Waals surface area contributed by atoms with Crippen molar-refractivity contribution in [3.63, 3.8) is 0 Å². The smallest absolute Gasteiger partial charge is 0.141 e. The fraction of sp³-hybridized carbons (Fsp3) is 0.846. The number of nitrogens with one attached hydrogen (secondary N) is 1. The van der Waals surface area contributed by atoms with E-state index < -0.39 is 0 Å². The van der Waals surface area contributed by atoms with Crippen molar-refractivity contribution in [1.82, 2.24) is 20.1 Å². The maximum atomic E-state index is 6.12. The third-order valence-corrected chi connectivity index (χ3v) is 3.50. The summed E-state index contributed by atoms with van der Waals surface area (Å²) >= 11 is 0. The molecular weight excluding hydrogens is 228 g/mol. The minimum absolute atomic E-state index is 0.102. The minimum Gasteiger partial charge on any atom is -0.367 e. The molecule has 0 amide bonds. The van der Waals surface area contributed by atoms with E-state index in [1.54, 1.807) is 6.33 Å². The Morgan fingerprint density at radius 3 is 2.72 bits per heavy atom. The van der Waals surface area contributed by atoms with Gasteiger partial charge in [0.1, 0.15) is 12.2 Å². The summed E-state index contributed by atoms with van der Waals surface area (Å²) in [4.78, 5) is 4.35. The van der Waals surface area contributed by atoms with Crippen molar-refractivity contribution >= 4 is 0 Å². The second-order valence-electron chi connectivity index (χ2n) is 6.09. The van der Waals surface area contributed by atoms with Gasteiger partial charge in [0.05, 0.1) is 23.8 Å². The lowest BCUT2D eigenvalue weighted by molar-refractivity contribution is -0.0740. The van der Waals surface area contributed by atoms with Crippen LogP contribution in [-0.2, 0) is 11.3 Å². The summed E-state index contributed by atoms with van der Waals surface area (Å²) in [6, 6.07) is 0.239. The van der Waals surface area contributed by atoms with E-state index in [2.05, 4.69) is 50.0 Å². The zero-order valence-corrected chi connectivity index (χ0v) is 12.0. The third-order valence-electron chi connectivity index (χ3n) is 3.50. The molecule has 0 bridgehead atoms. The summed E-state index contributed by atoms with van der Waals surface area (Å²) in [7, 11) is 0. The predicted molar refractivity (Wildman–Crippen MR) is 70.3 cm³/mol. The molecule has 1 aromatic rings. The molecule has 1 aliphatic heterocycles. The lowest BCUT2D eigenvalue weighted by Crippen LogP contribution is -2.33. The Hall–Kier alpha value is -0.940. The molecule has 5 nitrogen and oxygen atoms in total. The van der Waals surface area contributed by atoms with Crippen LogP contribution in [0.25, 0.3) is 0 Å². The highest BCUT2D eigenvalue weighted by Crippen LogP contribution is 2.44. The molecule has 0 aliphatic carbocycles. The molecule has 1 saturated heterocycles. The Morgan fingerprint density at radius 1 is 1.44 bits per heavy atom. The number of rotatable bonds is 4. The predicted octanol–water partition coefficient (Wildman–Crippen LogP) is 1.91. The molecule has 1 atom stereocenters. The quantitative estimate of drug-likeness (QED) is 0.889. The molecule has 0 saturated carbocycles. The minimum atomic E-state index is -0.210. The van der Waals surface area contributed by atoms with Crippen LogP contribution in [0.15, 0.2) is 6.33 Å². The summed E-state index contributed by atoms with van der Waals surface area (Å²) in [5.74, 6) is 0.983. The van der Waals surface area contributed by atoms with E-state index in [4.69, 9.17) is 4.74 Å². The van der Waals surface area contributed by atoms with Gasteiger partial charge in [0.15, 0.2) is 0 Å². The Morgan fingerprint density at radius 2 is 2.17 bits per heavy atom. The lowest BCUT2D eigenvalue weighted by Gasteiger charge is -2.27. The first-order chi connectivity index (χ1) is 8.36. The molecule has 102 valence electrons. The molecule has 2 rings (SSSR count). The zero-order valence-electron chi connectivity index (χ0n) is 12.0. The molecular formula is C13H24N4O. The van der Waals surface area contributed by atoms with Gasteiger partial charge in [-0.2, -0.15) is 5.10 Å². The molecule has 0 radical (unpaired) electrons. The van der Waals surface area contributed by atoms with Crippen LogP contribution in [0, 0.1) is 0 Å². The van der Waals surface area contributed by atoms with Crippen molar-refractivity contribution in [3.05, 3.63) is 12.2 Å². The van der Waals surface area contributed by atoms with Crippen LogP contribution >= 0.6 is 0 Å². The Kier molecular flexibility index (Phi) is 3.47. The van der Waals surface area contributed by atoms with Crippen LogP contribution in [0.2, 0.25) is 0 Å². The van der Waals surface area contributed by atoms with Crippen LogP contribution in [0.1, 0.15) is 52.9 Å². The number of hydrogen-bond donors (Lipinski definition) is 1. The van der Waals surface area contributed by atoms with Crippen LogP contribution < -0.4 is 5.32 Å². The molecule has 2 heterocycles. The van der Waals surface area contributed by atoms with Crippen molar-refractivity contribution in [3.8, 4) is 0 Å². The maximum Gasteiger partial charge on any atom is 0.141 e. The molecule has 1 aromatic heterocycles. The van der Waals surface area contributed by atoms with Crippen LogP contribution in [0.3, 0.4) is 0 Å². The highest BCUT2D eigenvalue weighted by Gasteiger charge is 2.47. The largest absolute Gasteiger partial charge is 0.367 e. The number of nitrogens with zero attached hydrogens (tertiary/aromatic N) is 3. The monoisotopic (exact) mass is 252 g/mol. The molecule has 5 heteroatoms. The second kappa shape index (κ2) is 4.63. The van der Waals surface area contributed by atoms with Gasteiger partial charge in [-0.05, 0) is 34.2 Å². The van der Waals surface area contributed by atoms with Gasteiger partial charge < -0.3 is 10.1 Å². The average molecular weight is 252 g/mol. The van der Waals surface area contributed by atoms with Crippen molar-refractivity contribution in [1.29, 1.82) is 0 Å². The van der Waals surface area contributed by atoms with Gasteiger partial charge in [0, 0.05) is 6.42 Å². The fourth-order valence-electron chi connectivity index (χ4n) is 2.81. The normalized spacial score (nSPS) is 25.5. The van der Waals surface area contributed by atoms with Gasteiger partial charge in [0.2, 0.25) is 0 Å². The van der Waals surface area contributed by atoms with E-state index in [-0.39, 0.29) is 17.2 Å². The van der Waals surface area contributed by atoms with E-state index >= 15 is 0 Å².